The lowest BCUT2D eigenvalue weighted by atomic mass is 10.0. The molecule has 2 atom stereocenters. The zero-order valence-corrected chi connectivity index (χ0v) is 15.6. The van der Waals surface area contributed by atoms with Crippen LogP contribution < -0.4 is 0 Å². The zero-order valence-electron chi connectivity index (χ0n) is 13.8. The van der Waals surface area contributed by atoms with Crippen molar-refractivity contribution in [1.82, 2.24) is 0 Å². The summed E-state index contributed by atoms with van der Waals surface area (Å²) in [4.78, 5) is 0. The topological polar surface area (TPSA) is 20.2 Å². The number of unbranched alkanes of at least 4 members (excludes halogenated alkanes) is 6. The number of hydrogen-bond donors (Lipinski definition) is 1. The Morgan fingerprint density at radius 2 is 1.55 bits per heavy atom. The summed E-state index contributed by atoms with van der Waals surface area (Å²) in [5.74, 6) is 3.11. The number of alkyl halides is 1. The fourth-order valence-corrected chi connectivity index (χ4v) is 2.91. The van der Waals surface area contributed by atoms with E-state index in [0.29, 0.717) is 6.42 Å². The van der Waals surface area contributed by atoms with Crippen molar-refractivity contribution in [3.8, 4) is 11.5 Å². The first-order valence-corrected chi connectivity index (χ1v) is 12.1. The SMILES string of the molecule is CCCCCCCCC[C@H](Cl)[C@@H](O)CC#C[Si](C)(C)C. The molecule has 0 aromatic rings. The van der Waals surface area contributed by atoms with Crippen LogP contribution in [0, 0.1) is 11.5 Å². The van der Waals surface area contributed by atoms with Crippen LogP contribution in [-0.2, 0) is 0 Å². The van der Waals surface area contributed by atoms with Gasteiger partial charge in [0.05, 0.1) is 11.5 Å². The van der Waals surface area contributed by atoms with Crippen LogP contribution in [0.1, 0.15) is 64.7 Å². The minimum Gasteiger partial charge on any atom is -0.391 e. The maximum atomic E-state index is 9.97. The summed E-state index contributed by atoms with van der Waals surface area (Å²) < 4.78 is 0. The summed E-state index contributed by atoms with van der Waals surface area (Å²) in [6.45, 7) is 8.87. The second-order valence-electron chi connectivity index (χ2n) is 6.75. The van der Waals surface area contributed by atoms with Crippen LogP contribution in [-0.4, -0.2) is 24.7 Å². The molecule has 1 N–H and O–H groups in total. The molecule has 0 spiro atoms. The Morgan fingerprint density at radius 3 is 2.10 bits per heavy atom. The van der Waals surface area contributed by atoms with E-state index in [2.05, 4.69) is 38.0 Å². The molecule has 0 unspecified atom stereocenters. The molecule has 0 amide bonds. The van der Waals surface area contributed by atoms with E-state index in [-0.39, 0.29) is 5.38 Å². The number of hydrogen-bond acceptors (Lipinski definition) is 1. The molecular formula is C17H33ClOSi. The zero-order chi connectivity index (χ0) is 15.4. The standard InChI is InChI=1S/C17H33ClOSi/c1-5-6-7-8-9-10-11-13-16(18)17(19)14-12-15-20(2,3)4/h16-17,19H,5-11,13-14H2,1-4H3/t16-,17-/m0/s1. The van der Waals surface area contributed by atoms with Gasteiger partial charge in [-0.05, 0) is 6.42 Å². The molecule has 0 aromatic carbocycles. The van der Waals surface area contributed by atoms with Gasteiger partial charge in [0, 0.05) is 6.42 Å². The van der Waals surface area contributed by atoms with Crippen LogP contribution in [0.4, 0.5) is 0 Å². The number of halogens is 1. The molecule has 0 rings (SSSR count). The molecule has 0 aliphatic heterocycles. The van der Waals surface area contributed by atoms with Crippen molar-refractivity contribution in [2.75, 3.05) is 0 Å². The van der Waals surface area contributed by atoms with E-state index in [1.165, 1.54) is 38.5 Å². The molecule has 0 aliphatic carbocycles. The van der Waals surface area contributed by atoms with Crippen molar-refractivity contribution in [3.63, 3.8) is 0 Å². The van der Waals surface area contributed by atoms with E-state index in [0.717, 1.165) is 12.8 Å². The van der Waals surface area contributed by atoms with Gasteiger partial charge in [0.1, 0.15) is 8.07 Å². The Balaban J connectivity index is 3.64. The third-order valence-electron chi connectivity index (χ3n) is 3.28. The smallest absolute Gasteiger partial charge is 0.129 e. The van der Waals surface area contributed by atoms with Gasteiger partial charge in [0.25, 0.3) is 0 Å². The van der Waals surface area contributed by atoms with Gasteiger partial charge in [-0.3, -0.25) is 0 Å². The van der Waals surface area contributed by atoms with Crippen LogP contribution in [0.5, 0.6) is 0 Å². The molecule has 0 fully saturated rings. The van der Waals surface area contributed by atoms with Gasteiger partial charge in [-0.25, -0.2) is 0 Å². The molecule has 3 heteroatoms. The Morgan fingerprint density at radius 1 is 1.00 bits per heavy atom. The molecule has 0 saturated carbocycles. The van der Waals surface area contributed by atoms with E-state index >= 15 is 0 Å². The van der Waals surface area contributed by atoms with Crippen LogP contribution in [0.25, 0.3) is 0 Å². The average Bonchev–Trinajstić information content (AvgIpc) is 2.35. The maximum absolute atomic E-state index is 9.97. The predicted molar refractivity (Wildman–Crippen MR) is 94.0 cm³/mol. The first-order chi connectivity index (χ1) is 9.37. The summed E-state index contributed by atoms with van der Waals surface area (Å²) in [6.07, 6.45) is 9.97. The lowest BCUT2D eigenvalue weighted by Gasteiger charge is -2.14. The van der Waals surface area contributed by atoms with Crippen molar-refractivity contribution in [2.45, 2.75) is 95.8 Å². The highest BCUT2D eigenvalue weighted by atomic mass is 35.5. The third kappa shape index (κ3) is 13.0. The lowest BCUT2D eigenvalue weighted by Crippen LogP contribution is -2.21. The Bertz CT molecular complexity index is 288. The normalized spacial score (nSPS) is 14.5. The lowest BCUT2D eigenvalue weighted by molar-refractivity contribution is 0.170. The summed E-state index contributed by atoms with van der Waals surface area (Å²) in [6, 6.07) is 0. The van der Waals surface area contributed by atoms with Gasteiger partial charge < -0.3 is 5.11 Å². The Kier molecular flexibility index (Phi) is 11.7. The summed E-state index contributed by atoms with van der Waals surface area (Å²) in [5.41, 5.74) is 3.27. The van der Waals surface area contributed by atoms with E-state index in [1.807, 2.05) is 0 Å². The highest BCUT2D eigenvalue weighted by molar-refractivity contribution is 6.83. The van der Waals surface area contributed by atoms with E-state index in [4.69, 9.17) is 11.6 Å². The highest BCUT2D eigenvalue weighted by Gasteiger charge is 2.15. The van der Waals surface area contributed by atoms with Crippen molar-refractivity contribution < 1.29 is 5.11 Å². The molecule has 1 nitrogen and oxygen atoms in total. The van der Waals surface area contributed by atoms with Crippen molar-refractivity contribution in [1.29, 1.82) is 0 Å². The summed E-state index contributed by atoms with van der Waals surface area (Å²) in [5, 5.41) is 9.83. The van der Waals surface area contributed by atoms with Gasteiger partial charge in [-0.2, -0.15) is 0 Å². The minimum absolute atomic E-state index is 0.137. The summed E-state index contributed by atoms with van der Waals surface area (Å²) in [7, 11) is -1.32. The van der Waals surface area contributed by atoms with Gasteiger partial charge in [-0.15, -0.1) is 23.1 Å². The first-order valence-electron chi connectivity index (χ1n) is 8.19. The summed E-state index contributed by atoms with van der Waals surface area (Å²) >= 11 is 6.24. The largest absolute Gasteiger partial charge is 0.391 e. The minimum atomic E-state index is -1.32. The van der Waals surface area contributed by atoms with Gasteiger partial charge in [0.15, 0.2) is 0 Å². The molecule has 0 saturated heterocycles. The number of rotatable bonds is 10. The van der Waals surface area contributed by atoms with Crippen LogP contribution in [0.3, 0.4) is 0 Å². The highest BCUT2D eigenvalue weighted by Crippen LogP contribution is 2.16. The molecule has 0 aromatic heterocycles. The molecule has 0 bridgehead atoms. The second kappa shape index (κ2) is 11.7. The van der Waals surface area contributed by atoms with Crippen LogP contribution >= 0.6 is 11.6 Å². The molecule has 118 valence electrons. The Hall–Kier alpha value is 0.0269. The monoisotopic (exact) mass is 316 g/mol. The molecule has 20 heavy (non-hydrogen) atoms. The van der Waals surface area contributed by atoms with E-state index in [1.54, 1.807) is 0 Å². The van der Waals surface area contributed by atoms with Crippen molar-refractivity contribution in [2.24, 2.45) is 0 Å². The van der Waals surface area contributed by atoms with Gasteiger partial charge in [-0.1, -0.05) is 71.5 Å². The second-order valence-corrected chi connectivity index (χ2v) is 12.1. The molecular weight excluding hydrogens is 284 g/mol. The quantitative estimate of drug-likeness (QED) is 0.249. The van der Waals surface area contributed by atoms with E-state index < -0.39 is 14.2 Å². The molecule has 0 aliphatic rings. The van der Waals surface area contributed by atoms with E-state index in [9.17, 15) is 5.11 Å². The van der Waals surface area contributed by atoms with Crippen molar-refractivity contribution in [3.05, 3.63) is 0 Å². The van der Waals surface area contributed by atoms with Crippen molar-refractivity contribution >= 4 is 19.7 Å². The fourth-order valence-electron chi connectivity index (χ4n) is 2.04. The van der Waals surface area contributed by atoms with Crippen LogP contribution in [0.15, 0.2) is 0 Å². The van der Waals surface area contributed by atoms with Gasteiger partial charge >= 0.3 is 0 Å². The first kappa shape index (κ1) is 20.0. The number of aliphatic hydroxyl groups excluding tert-OH is 1. The maximum Gasteiger partial charge on any atom is 0.129 e. The molecule has 0 heterocycles. The predicted octanol–water partition coefficient (Wildman–Crippen LogP) is 5.37. The Labute approximate surface area is 132 Å². The molecule has 0 radical (unpaired) electrons. The third-order valence-corrected chi connectivity index (χ3v) is 4.71. The average molecular weight is 317 g/mol. The van der Waals surface area contributed by atoms with Crippen LogP contribution in [0.2, 0.25) is 19.6 Å². The van der Waals surface area contributed by atoms with Gasteiger partial charge in [0.2, 0.25) is 0 Å². The fraction of sp³-hybridized carbons (Fsp3) is 0.882. The number of aliphatic hydroxyl groups is 1.